The first-order valence-corrected chi connectivity index (χ1v) is 6.06. The number of hydrogen-bond donors (Lipinski definition) is 2. The molecule has 2 atom stereocenters. The first-order chi connectivity index (χ1) is 7.77. The molecule has 0 aliphatic heterocycles. The van der Waals surface area contributed by atoms with Crippen molar-refractivity contribution in [1.29, 1.82) is 0 Å². The Hall–Kier alpha value is -0.300. The molecule has 2 N–H and O–H groups in total. The Bertz CT molecular complexity index is 398. The fraction of sp³-hybridized carbons (Fsp3) is 0.400. The van der Waals surface area contributed by atoms with Crippen molar-refractivity contribution in [3.05, 3.63) is 34.3 Å². The summed E-state index contributed by atoms with van der Waals surface area (Å²) in [6.07, 6.45) is -7.58. The smallest absolute Gasteiger partial charge is 0.389 e. The van der Waals surface area contributed by atoms with E-state index in [4.69, 9.17) is 11.6 Å². The molecule has 0 saturated carbocycles. The molecule has 0 amide bonds. The van der Waals surface area contributed by atoms with E-state index in [1.807, 2.05) is 0 Å². The Kier molecular flexibility index (Phi) is 4.83. The number of rotatable bonds is 3. The van der Waals surface area contributed by atoms with Crippen molar-refractivity contribution >= 4 is 27.5 Å². The minimum Gasteiger partial charge on any atom is -0.389 e. The highest BCUT2D eigenvalue weighted by Gasteiger charge is 2.36. The lowest BCUT2D eigenvalue weighted by atomic mass is 9.99. The molecule has 7 heteroatoms. The first kappa shape index (κ1) is 14.8. The number of aliphatic hydroxyl groups excluding tert-OH is 2. The highest BCUT2D eigenvalue weighted by Crippen LogP contribution is 2.37. The molecule has 0 aromatic heterocycles. The molecule has 0 fully saturated rings. The van der Waals surface area contributed by atoms with E-state index in [0.717, 1.165) is 12.1 Å². The van der Waals surface area contributed by atoms with Crippen LogP contribution in [0.4, 0.5) is 13.2 Å². The van der Waals surface area contributed by atoms with Crippen molar-refractivity contribution in [1.82, 2.24) is 0 Å². The summed E-state index contributed by atoms with van der Waals surface area (Å²) in [5.41, 5.74) is -1.44. The van der Waals surface area contributed by atoms with Crippen LogP contribution >= 0.6 is 27.5 Å². The molecule has 1 aromatic carbocycles. The van der Waals surface area contributed by atoms with Gasteiger partial charge in [0.25, 0.3) is 0 Å². The van der Waals surface area contributed by atoms with Crippen LogP contribution < -0.4 is 0 Å². The zero-order valence-electron chi connectivity index (χ0n) is 8.38. The quantitative estimate of drug-likeness (QED) is 0.834. The molecule has 2 unspecified atom stereocenters. The number of alkyl halides is 4. The van der Waals surface area contributed by atoms with E-state index in [1.165, 1.54) is 6.07 Å². The van der Waals surface area contributed by atoms with Crippen LogP contribution in [-0.2, 0) is 6.18 Å². The van der Waals surface area contributed by atoms with Crippen molar-refractivity contribution in [2.24, 2.45) is 0 Å². The summed E-state index contributed by atoms with van der Waals surface area (Å²) in [5, 5.41) is 18.8. The van der Waals surface area contributed by atoms with Gasteiger partial charge in [-0.15, -0.1) is 0 Å². The minimum absolute atomic E-state index is 0.0336. The van der Waals surface area contributed by atoms with Crippen molar-refractivity contribution in [2.45, 2.75) is 18.4 Å². The van der Waals surface area contributed by atoms with Gasteiger partial charge in [0.1, 0.15) is 6.10 Å². The van der Waals surface area contributed by atoms with Gasteiger partial charge >= 0.3 is 6.18 Å². The molecule has 0 radical (unpaired) electrons. The van der Waals surface area contributed by atoms with Crippen LogP contribution in [0.2, 0.25) is 5.02 Å². The predicted molar refractivity (Wildman–Crippen MR) is 61.2 cm³/mol. The Labute approximate surface area is 109 Å². The fourth-order valence-corrected chi connectivity index (χ4v) is 1.85. The van der Waals surface area contributed by atoms with Gasteiger partial charge in [-0.3, -0.25) is 0 Å². The third-order valence-corrected chi connectivity index (χ3v) is 3.06. The normalized spacial score (nSPS) is 15.7. The van der Waals surface area contributed by atoms with Crippen molar-refractivity contribution in [3.63, 3.8) is 0 Å². The molecule has 96 valence electrons. The van der Waals surface area contributed by atoms with Gasteiger partial charge < -0.3 is 10.2 Å². The van der Waals surface area contributed by atoms with Crippen molar-refractivity contribution < 1.29 is 23.4 Å². The van der Waals surface area contributed by atoms with E-state index in [0.29, 0.717) is 0 Å². The monoisotopic (exact) mass is 332 g/mol. The molecule has 0 aliphatic rings. The van der Waals surface area contributed by atoms with Gasteiger partial charge in [-0.05, 0) is 17.7 Å². The molecule has 0 bridgehead atoms. The van der Waals surface area contributed by atoms with Gasteiger partial charge in [0, 0.05) is 10.4 Å². The van der Waals surface area contributed by atoms with Gasteiger partial charge in [0.15, 0.2) is 0 Å². The van der Waals surface area contributed by atoms with Gasteiger partial charge in [-0.1, -0.05) is 33.6 Å². The third-order valence-electron chi connectivity index (χ3n) is 2.16. The lowest BCUT2D eigenvalue weighted by Gasteiger charge is -2.20. The van der Waals surface area contributed by atoms with Gasteiger partial charge in [-0.2, -0.15) is 13.2 Å². The van der Waals surface area contributed by atoms with Gasteiger partial charge in [0.05, 0.1) is 11.7 Å². The number of benzene rings is 1. The summed E-state index contributed by atoms with van der Waals surface area (Å²) in [4.78, 5) is 0. The zero-order chi connectivity index (χ0) is 13.2. The molecule has 0 heterocycles. The van der Waals surface area contributed by atoms with Gasteiger partial charge in [-0.25, -0.2) is 0 Å². The number of aliphatic hydroxyl groups is 2. The Morgan fingerprint density at radius 2 is 1.88 bits per heavy atom. The van der Waals surface area contributed by atoms with E-state index >= 15 is 0 Å². The van der Waals surface area contributed by atoms with Crippen LogP contribution in [-0.4, -0.2) is 21.6 Å². The largest absolute Gasteiger partial charge is 0.416 e. The van der Waals surface area contributed by atoms with Crippen LogP contribution in [0.1, 0.15) is 17.2 Å². The molecule has 17 heavy (non-hydrogen) atoms. The third kappa shape index (κ3) is 3.58. The number of halogens is 5. The standard InChI is InChI=1S/C10H9BrClF3O2/c11-4-8(16)9(17)6-2-1-5(12)3-7(6)10(13,14)15/h1-3,8-9,16-17H,4H2. The highest BCUT2D eigenvalue weighted by atomic mass is 79.9. The van der Waals surface area contributed by atoms with E-state index in [-0.39, 0.29) is 10.4 Å². The minimum atomic E-state index is -4.63. The zero-order valence-corrected chi connectivity index (χ0v) is 10.7. The number of hydrogen-bond acceptors (Lipinski definition) is 2. The Morgan fingerprint density at radius 3 is 2.35 bits per heavy atom. The molecule has 0 spiro atoms. The van der Waals surface area contributed by atoms with Crippen molar-refractivity contribution in [3.8, 4) is 0 Å². The second-order valence-corrected chi connectivity index (χ2v) is 4.48. The molecular weight excluding hydrogens is 324 g/mol. The second kappa shape index (κ2) is 5.56. The summed E-state index contributed by atoms with van der Waals surface area (Å²) in [6, 6.07) is 3.01. The molecule has 0 saturated heterocycles. The molecule has 1 rings (SSSR count). The summed E-state index contributed by atoms with van der Waals surface area (Å²) < 4.78 is 38.1. The molecule has 1 aromatic rings. The summed E-state index contributed by atoms with van der Waals surface area (Å²) >= 11 is 8.37. The van der Waals surface area contributed by atoms with Crippen LogP contribution in [0.3, 0.4) is 0 Å². The molecule has 0 aliphatic carbocycles. The maximum absolute atomic E-state index is 12.7. The van der Waals surface area contributed by atoms with Crippen LogP contribution in [0.15, 0.2) is 18.2 Å². The summed E-state index contributed by atoms with van der Waals surface area (Å²) in [5.74, 6) is 0. The second-order valence-electron chi connectivity index (χ2n) is 3.40. The molecular formula is C10H9BrClF3O2. The topological polar surface area (TPSA) is 40.5 Å². The van der Waals surface area contributed by atoms with Crippen LogP contribution in [0.5, 0.6) is 0 Å². The van der Waals surface area contributed by atoms with E-state index in [1.54, 1.807) is 0 Å². The average Bonchev–Trinajstić information content (AvgIpc) is 2.25. The van der Waals surface area contributed by atoms with Crippen LogP contribution in [0.25, 0.3) is 0 Å². The summed E-state index contributed by atoms with van der Waals surface area (Å²) in [7, 11) is 0. The maximum Gasteiger partial charge on any atom is 0.416 e. The van der Waals surface area contributed by atoms with Crippen molar-refractivity contribution in [2.75, 3.05) is 5.33 Å². The first-order valence-electron chi connectivity index (χ1n) is 4.56. The van der Waals surface area contributed by atoms with Crippen LogP contribution in [0, 0.1) is 0 Å². The van der Waals surface area contributed by atoms with E-state index < -0.39 is 29.5 Å². The fourth-order valence-electron chi connectivity index (χ4n) is 1.32. The summed E-state index contributed by atoms with van der Waals surface area (Å²) in [6.45, 7) is 0. The van der Waals surface area contributed by atoms with Gasteiger partial charge in [0.2, 0.25) is 0 Å². The lowest BCUT2D eigenvalue weighted by molar-refractivity contribution is -0.139. The Morgan fingerprint density at radius 1 is 1.29 bits per heavy atom. The SMILES string of the molecule is OC(CBr)C(O)c1ccc(Cl)cc1C(F)(F)F. The predicted octanol–water partition coefficient (Wildman–Crippen LogP) is 3.15. The highest BCUT2D eigenvalue weighted by molar-refractivity contribution is 9.09. The average molecular weight is 334 g/mol. The maximum atomic E-state index is 12.7. The Balaban J connectivity index is 3.24. The van der Waals surface area contributed by atoms with E-state index in [2.05, 4.69) is 15.9 Å². The molecule has 2 nitrogen and oxygen atoms in total. The lowest BCUT2D eigenvalue weighted by Crippen LogP contribution is -2.22. The van der Waals surface area contributed by atoms with E-state index in [9.17, 15) is 23.4 Å².